The van der Waals surface area contributed by atoms with Crippen LogP contribution >= 0.6 is 0 Å². The Morgan fingerprint density at radius 2 is 2.24 bits per heavy atom. The monoisotopic (exact) mass is 231 g/mol. The number of carboxylic acid groups (broad SMARTS) is 1. The molecule has 0 aliphatic heterocycles. The minimum atomic E-state index is -0.929. The maximum Gasteiger partial charge on any atom is 0.336 e. The first kappa shape index (κ1) is 11.5. The van der Waals surface area contributed by atoms with Crippen molar-refractivity contribution in [1.82, 2.24) is 4.98 Å². The molecule has 1 aromatic carbocycles. The van der Waals surface area contributed by atoms with E-state index in [2.05, 4.69) is 4.98 Å². The van der Waals surface area contributed by atoms with Gasteiger partial charge in [-0.25, -0.2) is 4.79 Å². The standard InChI is InChI=1S/C13H13NO3/c1-17-8-6-9-3-2-4-10-11(13(15)16)5-7-14-12(9)10/h2-5,7H,6,8H2,1H3,(H,15,16). The van der Waals surface area contributed by atoms with Crippen molar-refractivity contribution in [2.75, 3.05) is 13.7 Å². The van der Waals surface area contributed by atoms with E-state index in [-0.39, 0.29) is 5.56 Å². The summed E-state index contributed by atoms with van der Waals surface area (Å²) in [7, 11) is 1.64. The molecule has 1 heterocycles. The topological polar surface area (TPSA) is 59.4 Å². The number of aromatic carboxylic acids is 1. The number of aromatic nitrogens is 1. The fourth-order valence-electron chi connectivity index (χ4n) is 1.84. The van der Waals surface area contributed by atoms with Crippen LogP contribution in [-0.4, -0.2) is 29.8 Å². The first-order chi connectivity index (χ1) is 8.24. The molecule has 0 saturated carbocycles. The van der Waals surface area contributed by atoms with E-state index in [0.717, 1.165) is 17.5 Å². The number of rotatable bonds is 4. The molecule has 0 aliphatic rings. The third kappa shape index (κ3) is 2.26. The molecule has 0 bridgehead atoms. The third-order valence-electron chi connectivity index (χ3n) is 2.66. The molecular formula is C13H13NO3. The van der Waals surface area contributed by atoms with Crippen LogP contribution in [0.25, 0.3) is 10.9 Å². The van der Waals surface area contributed by atoms with E-state index in [0.29, 0.717) is 12.0 Å². The second-order valence-corrected chi connectivity index (χ2v) is 3.72. The third-order valence-corrected chi connectivity index (χ3v) is 2.66. The van der Waals surface area contributed by atoms with Crippen LogP contribution in [0.1, 0.15) is 15.9 Å². The summed E-state index contributed by atoms with van der Waals surface area (Å²) in [6.07, 6.45) is 2.26. The molecule has 0 fully saturated rings. The van der Waals surface area contributed by atoms with E-state index in [1.54, 1.807) is 13.2 Å². The number of hydrogen-bond acceptors (Lipinski definition) is 3. The van der Waals surface area contributed by atoms with Crippen LogP contribution < -0.4 is 0 Å². The van der Waals surface area contributed by atoms with Crippen LogP contribution in [0.15, 0.2) is 30.5 Å². The van der Waals surface area contributed by atoms with Crippen LogP contribution in [0.5, 0.6) is 0 Å². The van der Waals surface area contributed by atoms with Crippen molar-refractivity contribution in [3.63, 3.8) is 0 Å². The van der Waals surface area contributed by atoms with Crippen LogP contribution in [0.2, 0.25) is 0 Å². The smallest absolute Gasteiger partial charge is 0.336 e. The van der Waals surface area contributed by atoms with Crippen molar-refractivity contribution in [3.8, 4) is 0 Å². The van der Waals surface area contributed by atoms with Gasteiger partial charge in [0.2, 0.25) is 0 Å². The highest BCUT2D eigenvalue weighted by Gasteiger charge is 2.10. The number of fused-ring (bicyclic) bond motifs is 1. The maximum absolute atomic E-state index is 11.1. The van der Waals surface area contributed by atoms with Gasteiger partial charge in [-0.1, -0.05) is 18.2 Å². The fourth-order valence-corrected chi connectivity index (χ4v) is 1.84. The Kier molecular flexibility index (Phi) is 3.35. The van der Waals surface area contributed by atoms with Gasteiger partial charge in [0.05, 0.1) is 17.7 Å². The summed E-state index contributed by atoms with van der Waals surface area (Å²) in [5.41, 5.74) is 2.03. The summed E-state index contributed by atoms with van der Waals surface area (Å²) < 4.78 is 5.03. The molecule has 0 atom stereocenters. The Hall–Kier alpha value is -1.94. The Bertz CT molecular complexity index is 551. The largest absolute Gasteiger partial charge is 0.478 e. The minimum Gasteiger partial charge on any atom is -0.478 e. The number of carbonyl (C=O) groups is 1. The van der Waals surface area contributed by atoms with Gasteiger partial charge in [0.15, 0.2) is 0 Å². The fraction of sp³-hybridized carbons (Fsp3) is 0.231. The quantitative estimate of drug-likeness (QED) is 0.875. The molecule has 2 rings (SSSR count). The molecule has 0 unspecified atom stereocenters. The van der Waals surface area contributed by atoms with E-state index in [1.165, 1.54) is 12.3 Å². The molecule has 0 saturated heterocycles. The zero-order valence-electron chi connectivity index (χ0n) is 9.51. The van der Waals surface area contributed by atoms with Gasteiger partial charge >= 0.3 is 5.97 Å². The highest BCUT2D eigenvalue weighted by Crippen LogP contribution is 2.20. The average Bonchev–Trinajstić information content (AvgIpc) is 2.35. The number of para-hydroxylation sites is 1. The molecule has 4 heteroatoms. The zero-order valence-corrected chi connectivity index (χ0v) is 9.51. The van der Waals surface area contributed by atoms with Gasteiger partial charge in [-0.2, -0.15) is 0 Å². The lowest BCUT2D eigenvalue weighted by Crippen LogP contribution is -2.01. The SMILES string of the molecule is COCCc1cccc2c(C(=O)O)ccnc12. The van der Waals surface area contributed by atoms with Gasteiger partial charge in [0.1, 0.15) is 0 Å². The number of hydrogen-bond donors (Lipinski definition) is 1. The second kappa shape index (κ2) is 4.93. The highest BCUT2D eigenvalue weighted by molar-refractivity contribution is 6.03. The van der Waals surface area contributed by atoms with E-state index in [1.807, 2.05) is 12.1 Å². The van der Waals surface area contributed by atoms with E-state index < -0.39 is 5.97 Å². The van der Waals surface area contributed by atoms with Crippen molar-refractivity contribution in [1.29, 1.82) is 0 Å². The van der Waals surface area contributed by atoms with E-state index >= 15 is 0 Å². The number of benzene rings is 1. The minimum absolute atomic E-state index is 0.286. The van der Waals surface area contributed by atoms with Crippen molar-refractivity contribution >= 4 is 16.9 Å². The lowest BCUT2D eigenvalue weighted by molar-refractivity contribution is 0.0699. The molecule has 0 spiro atoms. The van der Waals surface area contributed by atoms with Crippen molar-refractivity contribution in [2.45, 2.75) is 6.42 Å². The molecular weight excluding hydrogens is 218 g/mol. The van der Waals surface area contributed by atoms with Gasteiger partial charge in [-0.15, -0.1) is 0 Å². The van der Waals surface area contributed by atoms with Crippen molar-refractivity contribution in [3.05, 3.63) is 41.6 Å². The Morgan fingerprint density at radius 3 is 2.94 bits per heavy atom. The Labute approximate surface area is 98.9 Å². The van der Waals surface area contributed by atoms with Crippen molar-refractivity contribution in [2.24, 2.45) is 0 Å². The van der Waals surface area contributed by atoms with Crippen molar-refractivity contribution < 1.29 is 14.6 Å². The van der Waals surface area contributed by atoms with Crippen LogP contribution in [0.4, 0.5) is 0 Å². The molecule has 17 heavy (non-hydrogen) atoms. The van der Waals surface area contributed by atoms with Crippen LogP contribution in [0, 0.1) is 0 Å². The van der Waals surface area contributed by atoms with E-state index in [4.69, 9.17) is 9.84 Å². The number of nitrogens with zero attached hydrogens (tertiary/aromatic N) is 1. The molecule has 0 amide bonds. The molecule has 1 aromatic heterocycles. The first-order valence-electron chi connectivity index (χ1n) is 5.33. The molecule has 1 N–H and O–H groups in total. The lowest BCUT2D eigenvalue weighted by atomic mass is 10.0. The van der Waals surface area contributed by atoms with Gasteiger partial charge in [-0.05, 0) is 18.1 Å². The number of pyridine rings is 1. The summed E-state index contributed by atoms with van der Waals surface area (Å²) in [6.45, 7) is 0.595. The molecule has 4 nitrogen and oxygen atoms in total. The van der Waals surface area contributed by atoms with Gasteiger partial charge in [0, 0.05) is 18.7 Å². The number of carboxylic acids is 1. The van der Waals surface area contributed by atoms with Gasteiger partial charge in [0.25, 0.3) is 0 Å². The normalized spacial score (nSPS) is 10.6. The number of ether oxygens (including phenoxy) is 1. The van der Waals surface area contributed by atoms with Crippen LogP contribution in [-0.2, 0) is 11.2 Å². The lowest BCUT2D eigenvalue weighted by Gasteiger charge is -2.07. The highest BCUT2D eigenvalue weighted by atomic mass is 16.5. The summed E-state index contributed by atoms with van der Waals surface area (Å²) in [4.78, 5) is 15.3. The predicted molar refractivity (Wildman–Crippen MR) is 64.3 cm³/mol. The summed E-state index contributed by atoms with van der Waals surface area (Å²) in [5.74, 6) is -0.929. The average molecular weight is 231 g/mol. The Morgan fingerprint density at radius 1 is 1.41 bits per heavy atom. The molecule has 0 aliphatic carbocycles. The predicted octanol–water partition coefficient (Wildman–Crippen LogP) is 2.12. The molecule has 88 valence electrons. The first-order valence-corrected chi connectivity index (χ1v) is 5.33. The van der Waals surface area contributed by atoms with Crippen LogP contribution in [0.3, 0.4) is 0 Å². The molecule has 0 radical (unpaired) electrons. The zero-order chi connectivity index (χ0) is 12.3. The summed E-state index contributed by atoms with van der Waals surface area (Å²) in [5, 5.41) is 9.77. The molecule has 2 aromatic rings. The Balaban J connectivity index is 2.57. The van der Waals surface area contributed by atoms with Gasteiger partial charge < -0.3 is 9.84 Å². The summed E-state index contributed by atoms with van der Waals surface area (Å²) >= 11 is 0. The maximum atomic E-state index is 11.1. The number of methoxy groups -OCH3 is 1. The summed E-state index contributed by atoms with van der Waals surface area (Å²) in [6, 6.07) is 7.09. The van der Waals surface area contributed by atoms with Gasteiger partial charge in [-0.3, -0.25) is 4.98 Å². The van der Waals surface area contributed by atoms with E-state index in [9.17, 15) is 4.79 Å². The second-order valence-electron chi connectivity index (χ2n) is 3.72.